The summed E-state index contributed by atoms with van der Waals surface area (Å²) in [5.74, 6) is -0.152. The molecule has 0 fully saturated rings. The lowest BCUT2D eigenvalue weighted by atomic mass is 10.1. The van der Waals surface area contributed by atoms with E-state index in [4.69, 9.17) is 0 Å². The monoisotopic (exact) mass is 340 g/mol. The van der Waals surface area contributed by atoms with E-state index in [2.05, 4.69) is 36.2 Å². The summed E-state index contributed by atoms with van der Waals surface area (Å²) in [6, 6.07) is 9.88. The highest BCUT2D eigenvalue weighted by Gasteiger charge is 2.18. The molecule has 0 saturated carbocycles. The molecule has 0 aliphatic rings. The molecule has 1 amide bonds. The number of anilines is 1. The van der Waals surface area contributed by atoms with Crippen LogP contribution in [0.2, 0.25) is 0 Å². The van der Waals surface area contributed by atoms with Crippen molar-refractivity contribution in [3.05, 3.63) is 53.3 Å². The molecule has 0 radical (unpaired) electrons. The van der Waals surface area contributed by atoms with E-state index < -0.39 is 0 Å². The summed E-state index contributed by atoms with van der Waals surface area (Å²) in [5.41, 5.74) is 2.32. The molecule has 0 saturated heterocycles. The third-order valence-corrected chi connectivity index (χ3v) is 4.76. The van der Waals surface area contributed by atoms with Gasteiger partial charge in [0.15, 0.2) is 0 Å². The highest BCUT2D eigenvalue weighted by atomic mass is 32.1. The molecule has 0 aliphatic heterocycles. The molecule has 0 unspecified atom stereocenters. The van der Waals surface area contributed by atoms with Crippen molar-refractivity contribution in [1.82, 2.24) is 14.8 Å². The van der Waals surface area contributed by atoms with E-state index in [1.54, 1.807) is 6.20 Å². The third kappa shape index (κ3) is 3.38. The second-order valence-electron chi connectivity index (χ2n) is 6.60. The first kappa shape index (κ1) is 16.4. The zero-order valence-electron chi connectivity index (χ0n) is 14.2. The number of hydrogen-bond acceptors (Lipinski definition) is 4. The van der Waals surface area contributed by atoms with Crippen LogP contribution >= 0.6 is 11.3 Å². The lowest BCUT2D eigenvalue weighted by Gasteiger charge is -2.18. The van der Waals surface area contributed by atoms with Crippen LogP contribution in [0.3, 0.4) is 0 Å². The standard InChI is InChI=1S/C18H20N4OS/c1-12-15(24-17(20-12)13-8-6-5-7-9-13)16(23)21-14-10-19-22(11-14)18(2,3)4/h5-11H,1-4H3,(H,21,23). The molecule has 1 N–H and O–H groups in total. The number of aryl methyl sites for hydroxylation is 1. The minimum atomic E-state index is -0.152. The first-order valence-electron chi connectivity index (χ1n) is 7.74. The van der Waals surface area contributed by atoms with Gasteiger partial charge in [-0.3, -0.25) is 9.48 Å². The van der Waals surface area contributed by atoms with Gasteiger partial charge in [0.1, 0.15) is 9.88 Å². The van der Waals surface area contributed by atoms with Gasteiger partial charge >= 0.3 is 0 Å². The van der Waals surface area contributed by atoms with Crippen LogP contribution in [0, 0.1) is 6.92 Å². The van der Waals surface area contributed by atoms with Crippen LogP contribution in [0.5, 0.6) is 0 Å². The molecule has 3 aromatic rings. The van der Waals surface area contributed by atoms with E-state index in [9.17, 15) is 4.79 Å². The highest BCUT2D eigenvalue weighted by Crippen LogP contribution is 2.28. The molecule has 5 nitrogen and oxygen atoms in total. The Hall–Kier alpha value is -2.47. The highest BCUT2D eigenvalue weighted by molar-refractivity contribution is 7.17. The number of rotatable bonds is 3. The number of nitrogens with one attached hydrogen (secondary N) is 1. The van der Waals surface area contributed by atoms with E-state index in [-0.39, 0.29) is 11.4 Å². The first-order valence-corrected chi connectivity index (χ1v) is 8.55. The van der Waals surface area contributed by atoms with Crippen molar-refractivity contribution >= 4 is 22.9 Å². The smallest absolute Gasteiger partial charge is 0.267 e. The number of carbonyl (C=O) groups is 1. The van der Waals surface area contributed by atoms with E-state index in [0.717, 1.165) is 16.3 Å². The predicted octanol–water partition coefficient (Wildman–Crippen LogP) is 4.32. The Morgan fingerprint density at radius 1 is 1.21 bits per heavy atom. The second kappa shape index (κ2) is 6.20. The maximum atomic E-state index is 12.6. The van der Waals surface area contributed by atoms with Gasteiger partial charge in [0, 0.05) is 11.8 Å². The maximum Gasteiger partial charge on any atom is 0.267 e. The van der Waals surface area contributed by atoms with Crippen molar-refractivity contribution in [2.75, 3.05) is 5.32 Å². The van der Waals surface area contributed by atoms with Gasteiger partial charge in [-0.2, -0.15) is 5.10 Å². The normalized spacial score (nSPS) is 11.5. The maximum absolute atomic E-state index is 12.6. The Morgan fingerprint density at radius 2 is 1.92 bits per heavy atom. The summed E-state index contributed by atoms with van der Waals surface area (Å²) < 4.78 is 1.83. The molecular weight excluding hydrogens is 320 g/mol. The number of hydrogen-bond donors (Lipinski definition) is 1. The van der Waals surface area contributed by atoms with Gasteiger partial charge in [-0.25, -0.2) is 4.98 Å². The summed E-state index contributed by atoms with van der Waals surface area (Å²) in [7, 11) is 0. The summed E-state index contributed by atoms with van der Waals surface area (Å²) >= 11 is 1.40. The number of nitrogens with zero attached hydrogens (tertiary/aromatic N) is 3. The average molecular weight is 340 g/mol. The molecule has 0 spiro atoms. The lowest BCUT2D eigenvalue weighted by Crippen LogP contribution is -2.22. The average Bonchev–Trinajstić information content (AvgIpc) is 3.14. The number of aromatic nitrogens is 3. The fraction of sp³-hybridized carbons (Fsp3) is 0.278. The molecule has 124 valence electrons. The Bertz CT molecular complexity index is 859. The van der Waals surface area contributed by atoms with E-state index >= 15 is 0 Å². The van der Waals surface area contributed by atoms with Gasteiger partial charge in [-0.05, 0) is 27.7 Å². The van der Waals surface area contributed by atoms with Gasteiger partial charge in [-0.1, -0.05) is 30.3 Å². The van der Waals surface area contributed by atoms with Crippen LogP contribution in [0.1, 0.15) is 36.1 Å². The van der Waals surface area contributed by atoms with Crippen LogP contribution in [0.4, 0.5) is 5.69 Å². The molecule has 0 aliphatic carbocycles. The fourth-order valence-corrected chi connectivity index (χ4v) is 3.22. The summed E-state index contributed by atoms with van der Waals surface area (Å²) in [5, 5.41) is 8.05. The van der Waals surface area contributed by atoms with Gasteiger partial charge in [0.25, 0.3) is 5.91 Å². The van der Waals surface area contributed by atoms with Gasteiger partial charge in [0.2, 0.25) is 0 Å². The van der Waals surface area contributed by atoms with Crippen LogP contribution in [0.25, 0.3) is 10.6 Å². The lowest BCUT2D eigenvalue weighted by molar-refractivity contribution is 0.102. The zero-order valence-corrected chi connectivity index (χ0v) is 15.0. The molecule has 2 aromatic heterocycles. The van der Waals surface area contributed by atoms with E-state index in [0.29, 0.717) is 10.6 Å². The van der Waals surface area contributed by atoms with Crippen LogP contribution in [0.15, 0.2) is 42.7 Å². The summed E-state index contributed by atoms with van der Waals surface area (Å²) in [4.78, 5) is 17.7. The topological polar surface area (TPSA) is 59.8 Å². The minimum absolute atomic E-state index is 0.121. The number of benzene rings is 1. The molecular formula is C18H20N4OS. The van der Waals surface area contributed by atoms with Crippen molar-refractivity contribution in [3.8, 4) is 10.6 Å². The molecule has 1 aromatic carbocycles. The number of thiazole rings is 1. The van der Waals surface area contributed by atoms with Gasteiger partial charge in [-0.15, -0.1) is 11.3 Å². The molecule has 24 heavy (non-hydrogen) atoms. The molecule has 6 heteroatoms. The number of carbonyl (C=O) groups excluding carboxylic acids is 1. The van der Waals surface area contributed by atoms with Crippen molar-refractivity contribution in [2.45, 2.75) is 33.2 Å². The largest absolute Gasteiger partial charge is 0.319 e. The van der Waals surface area contributed by atoms with Crippen LogP contribution < -0.4 is 5.32 Å². The Kier molecular flexibility index (Phi) is 4.24. The zero-order chi connectivity index (χ0) is 17.3. The van der Waals surface area contributed by atoms with Gasteiger partial charge in [0.05, 0.1) is 23.1 Å². The van der Waals surface area contributed by atoms with Crippen molar-refractivity contribution in [1.29, 1.82) is 0 Å². The van der Waals surface area contributed by atoms with E-state index in [1.807, 2.05) is 48.1 Å². The third-order valence-electron chi connectivity index (χ3n) is 3.55. The Morgan fingerprint density at radius 3 is 2.54 bits per heavy atom. The van der Waals surface area contributed by atoms with Crippen LogP contribution in [-0.4, -0.2) is 20.7 Å². The number of amides is 1. The SMILES string of the molecule is Cc1nc(-c2ccccc2)sc1C(=O)Nc1cnn(C(C)(C)C)c1. The van der Waals surface area contributed by atoms with Crippen molar-refractivity contribution < 1.29 is 4.79 Å². The summed E-state index contributed by atoms with van der Waals surface area (Å²) in [6.45, 7) is 8.04. The quantitative estimate of drug-likeness (QED) is 0.772. The van der Waals surface area contributed by atoms with Crippen molar-refractivity contribution in [3.63, 3.8) is 0 Å². The molecule has 0 bridgehead atoms. The van der Waals surface area contributed by atoms with Gasteiger partial charge < -0.3 is 5.32 Å². The van der Waals surface area contributed by atoms with Crippen molar-refractivity contribution in [2.24, 2.45) is 0 Å². The predicted molar refractivity (Wildman–Crippen MR) is 97.5 cm³/mol. The Balaban J connectivity index is 1.81. The second-order valence-corrected chi connectivity index (χ2v) is 7.60. The summed E-state index contributed by atoms with van der Waals surface area (Å²) in [6.07, 6.45) is 3.50. The Labute approximate surface area is 145 Å². The minimum Gasteiger partial charge on any atom is -0.319 e. The fourth-order valence-electron chi connectivity index (χ4n) is 2.25. The first-order chi connectivity index (χ1) is 11.3. The molecule has 2 heterocycles. The molecule has 3 rings (SSSR count). The molecule has 0 atom stereocenters. The van der Waals surface area contributed by atoms with Crippen LogP contribution in [-0.2, 0) is 5.54 Å². The van der Waals surface area contributed by atoms with E-state index in [1.165, 1.54) is 11.3 Å².